The molecule has 4 N–H and O–H groups in total. The summed E-state index contributed by atoms with van der Waals surface area (Å²) >= 11 is 0. The summed E-state index contributed by atoms with van der Waals surface area (Å²) in [5.74, 6) is -1.30. The predicted molar refractivity (Wildman–Crippen MR) is 123 cm³/mol. The Labute approximate surface area is 186 Å². The van der Waals surface area contributed by atoms with Gasteiger partial charge in [0.15, 0.2) is 0 Å². The third-order valence-corrected chi connectivity index (χ3v) is 5.51. The van der Waals surface area contributed by atoms with E-state index in [1.807, 2.05) is 42.5 Å². The third-order valence-electron chi connectivity index (χ3n) is 5.51. The molecule has 0 saturated carbocycles. The fraction of sp³-hybridized carbons (Fsp3) is 0.200. The highest BCUT2D eigenvalue weighted by atomic mass is 16.5. The van der Waals surface area contributed by atoms with Crippen LogP contribution in [0, 0.1) is 0 Å². The maximum atomic E-state index is 13.5. The second-order valence-corrected chi connectivity index (χ2v) is 7.71. The number of nitrogen functional groups attached to an aromatic ring is 1. The first kappa shape index (κ1) is 21.4. The Balaban J connectivity index is 1.56. The van der Waals surface area contributed by atoms with Crippen molar-refractivity contribution in [3.63, 3.8) is 0 Å². The second-order valence-electron chi connectivity index (χ2n) is 7.71. The van der Waals surface area contributed by atoms with Crippen LogP contribution in [-0.4, -0.2) is 36.2 Å². The molecule has 1 heterocycles. The van der Waals surface area contributed by atoms with Crippen LogP contribution in [0.4, 0.5) is 11.4 Å². The Morgan fingerprint density at radius 1 is 1.06 bits per heavy atom. The van der Waals surface area contributed by atoms with Gasteiger partial charge >= 0.3 is 5.97 Å². The number of hydrogen-bond acceptors (Lipinski definition) is 5. The van der Waals surface area contributed by atoms with Gasteiger partial charge in [0.1, 0.15) is 18.4 Å². The Hall–Kier alpha value is -3.84. The lowest BCUT2D eigenvalue weighted by atomic mass is 9.99. The average molecular weight is 431 g/mol. The number of nitrogens with one attached hydrogen (secondary N) is 1. The van der Waals surface area contributed by atoms with Gasteiger partial charge in [0.2, 0.25) is 5.91 Å². The van der Waals surface area contributed by atoms with Crippen LogP contribution in [0.1, 0.15) is 17.0 Å². The second kappa shape index (κ2) is 9.53. The van der Waals surface area contributed by atoms with Crippen LogP contribution < -0.4 is 20.7 Å². The number of carboxylic acids is 1. The van der Waals surface area contributed by atoms with E-state index in [9.17, 15) is 14.7 Å². The van der Waals surface area contributed by atoms with Gasteiger partial charge in [-0.1, -0.05) is 54.6 Å². The molecule has 0 aliphatic carbocycles. The first-order valence-electron chi connectivity index (χ1n) is 10.4. The zero-order chi connectivity index (χ0) is 22.5. The van der Waals surface area contributed by atoms with Crippen LogP contribution in [0.15, 0.2) is 78.9 Å². The number of ether oxygens (including phenoxy) is 1. The standard InChI is InChI=1S/C25H25N3O4/c26-19-12-10-17(11-13-19)15-28-22-8-4-5-9-23(22)32-16-21(24(28)29)27-14-20(25(30)31)18-6-2-1-3-7-18/h1-13,20-21,27H,14-16,26H2,(H,30,31)/t20-,21-/m0/s1. The number of amides is 1. The number of nitrogens with zero attached hydrogens (tertiary/aromatic N) is 1. The molecule has 0 aromatic heterocycles. The Kier molecular flexibility index (Phi) is 6.37. The molecule has 0 bridgehead atoms. The number of aliphatic carboxylic acids is 1. The molecule has 4 rings (SSSR count). The van der Waals surface area contributed by atoms with Crippen molar-refractivity contribution in [2.75, 3.05) is 23.8 Å². The van der Waals surface area contributed by atoms with Gasteiger partial charge in [0.25, 0.3) is 0 Å². The van der Waals surface area contributed by atoms with E-state index in [0.717, 1.165) is 5.56 Å². The number of carbonyl (C=O) groups excluding carboxylic acids is 1. The Morgan fingerprint density at radius 3 is 2.47 bits per heavy atom. The minimum absolute atomic E-state index is 0.102. The Morgan fingerprint density at radius 2 is 1.75 bits per heavy atom. The van der Waals surface area contributed by atoms with Gasteiger partial charge in [-0.15, -0.1) is 0 Å². The molecule has 32 heavy (non-hydrogen) atoms. The molecule has 0 fully saturated rings. The van der Waals surface area contributed by atoms with Crippen LogP contribution in [0.5, 0.6) is 5.75 Å². The van der Waals surface area contributed by atoms with Crippen molar-refractivity contribution in [3.8, 4) is 5.75 Å². The largest absolute Gasteiger partial charge is 0.489 e. The molecule has 3 aromatic carbocycles. The van der Waals surface area contributed by atoms with Crippen LogP contribution in [-0.2, 0) is 16.1 Å². The summed E-state index contributed by atoms with van der Waals surface area (Å²) in [6.07, 6.45) is 0. The molecule has 2 atom stereocenters. The SMILES string of the molecule is Nc1ccc(CN2C(=O)[C@@H](NC[C@H](C(=O)O)c3ccccc3)COc3ccccc32)cc1. The molecule has 1 aliphatic rings. The number of nitrogens with two attached hydrogens (primary N) is 1. The lowest BCUT2D eigenvalue weighted by molar-refractivity contribution is -0.139. The Bertz CT molecular complexity index is 1090. The van der Waals surface area contributed by atoms with Crippen molar-refractivity contribution < 1.29 is 19.4 Å². The summed E-state index contributed by atoms with van der Waals surface area (Å²) in [5, 5.41) is 12.8. The van der Waals surface area contributed by atoms with E-state index in [0.29, 0.717) is 29.2 Å². The first-order chi connectivity index (χ1) is 15.5. The zero-order valence-electron chi connectivity index (χ0n) is 17.5. The van der Waals surface area contributed by atoms with Crippen molar-refractivity contribution in [1.82, 2.24) is 5.32 Å². The maximum Gasteiger partial charge on any atom is 0.312 e. The fourth-order valence-electron chi connectivity index (χ4n) is 3.76. The number of hydrogen-bond donors (Lipinski definition) is 3. The highest BCUT2D eigenvalue weighted by Crippen LogP contribution is 2.32. The third kappa shape index (κ3) is 4.73. The highest BCUT2D eigenvalue weighted by Gasteiger charge is 2.32. The first-order valence-corrected chi connectivity index (χ1v) is 10.4. The summed E-state index contributed by atoms with van der Waals surface area (Å²) in [4.78, 5) is 27.0. The number of rotatable bonds is 7. The number of anilines is 2. The lowest BCUT2D eigenvalue weighted by Gasteiger charge is -2.26. The van der Waals surface area contributed by atoms with E-state index in [2.05, 4.69) is 5.32 Å². The van der Waals surface area contributed by atoms with Gasteiger partial charge in [0.05, 0.1) is 18.2 Å². The molecule has 7 nitrogen and oxygen atoms in total. The molecule has 7 heteroatoms. The van der Waals surface area contributed by atoms with E-state index >= 15 is 0 Å². The van der Waals surface area contributed by atoms with Gasteiger partial charge in [0, 0.05) is 12.2 Å². The average Bonchev–Trinajstić information content (AvgIpc) is 2.93. The number of fused-ring (bicyclic) bond motifs is 1. The quantitative estimate of drug-likeness (QED) is 0.497. The van der Waals surface area contributed by atoms with Gasteiger partial charge in [-0.25, -0.2) is 0 Å². The molecular formula is C25H25N3O4. The highest BCUT2D eigenvalue weighted by molar-refractivity contribution is 5.99. The van der Waals surface area contributed by atoms with Gasteiger partial charge in [-0.2, -0.15) is 0 Å². The fourth-order valence-corrected chi connectivity index (χ4v) is 3.76. The van der Waals surface area contributed by atoms with Crippen molar-refractivity contribution >= 4 is 23.3 Å². The normalized spacial score (nSPS) is 16.6. The topological polar surface area (TPSA) is 105 Å². The van der Waals surface area contributed by atoms with Crippen LogP contribution in [0.25, 0.3) is 0 Å². The van der Waals surface area contributed by atoms with Gasteiger partial charge in [-0.05, 0) is 35.4 Å². The molecule has 0 radical (unpaired) electrons. The molecule has 0 unspecified atom stereocenters. The summed E-state index contributed by atoms with van der Waals surface area (Å²) in [5.41, 5.74) is 8.73. The van der Waals surface area contributed by atoms with E-state index in [1.54, 1.807) is 41.3 Å². The summed E-state index contributed by atoms with van der Waals surface area (Å²) in [7, 11) is 0. The van der Waals surface area contributed by atoms with Crippen molar-refractivity contribution in [3.05, 3.63) is 90.0 Å². The molecule has 0 saturated heterocycles. The van der Waals surface area contributed by atoms with Crippen molar-refractivity contribution in [2.45, 2.75) is 18.5 Å². The molecule has 1 aliphatic heterocycles. The molecule has 1 amide bonds. The van der Waals surface area contributed by atoms with E-state index in [1.165, 1.54) is 0 Å². The van der Waals surface area contributed by atoms with Crippen LogP contribution >= 0.6 is 0 Å². The number of carboxylic acid groups (broad SMARTS) is 1. The summed E-state index contributed by atoms with van der Waals surface area (Å²) in [6.45, 7) is 0.555. The van der Waals surface area contributed by atoms with Gasteiger partial charge < -0.3 is 25.8 Å². The van der Waals surface area contributed by atoms with Crippen molar-refractivity contribution in [1.29, 1.82) is 0 Å². The maximum absolute atomic E-state index is 13.5. The van der Waals surface area contributed by atoms with E-state index in [4.69, 9.17) is 10.5 Å². The van der Waals surface area contributed by atoms with E-state index in [-0.39, 0.29) is 19.1 Å². The molecular weight excluding hydrogens is 406 g/mol. The van der Waals surface area contributed by atoms with Crippen molar-refractivity contribution in [2.24, 2.45) is 0 Å². The summed E-state index contributed by atoms with van der Waals surface area (Å²) in [6, 6.07) is 23.0. The molecule has 0 spiro atoms. The van der Waals surface area contributed by atoms with Gasteiger partial charge in [-0.3, -0.25) is 9.59 Å². The lowest BCUT2D eigenvalue weighted by Crippen LogP contribution is -2.49. The number of para-hydroxylation sites is 2. The number of benzene rings is 3. The zero-order valence-corrected chi connectivity index (χ0v) is 17.5. The van der Waals surface area contributed by atoms with E-state index < -0.39 is 17.9 Å². The smallest absolute Gasteiger partial charge is 0.312 e. The predicted octanol–water partition coefficient (Wildman–Crippen LogP) is 3.02. The van der Waals surface area contributed by atoms with Crippen LogP contribution in [0.2, 0.25) is 0 Å². The van der Waals surface area contributed by atoms with Crippen LogP contribution in [0.3, 0.4) is 0 Å². The molecule has 3 aromatic rings. The minimum atomic E-state index is -0.951. The minimum Gasteiger partial charge on any atom is -0.489 e. The molecule has 164 valence electrons. The summed E-state index contributed by atoms with van der Waals surface area (Å²) < 4.78 is 5.92. The monoisotopic (exact) mass is 431 g/mol. The number of carbonyl (C=O) groups is 2.